The van der Waals surface area contributed by atoms with Crippen molar-refractivity contribution in [1.82, 2.24) is 10.4 Å². The van der Waals surface area contributed by atoms with E-state index in [1.807, 2.05) is 12.3 Å². The summed E-state index contributed by atoms with van der Waals surface area (Å²) < 4.78 is 0. The topological polar surface area (TPSA) is 37.3 Å². The van der Waals surface area contributed by atoms with E-state index in [2.05, 4.69) is 21.6 Å². The Hall–Kier alpha value is -1.38. The second-order valence-corrected chi connectivity index (χ2v) is 5.84. The lowest BCUT2D eigenvalue weighted by molar-refractivity contribution is 0.320. The molecule has 0 spiro atoms. The molecule has 0 aromatic carbocycles. The Labute approximate surface area is 108 Å². The molecule has 1 N–H and O–H groups in total. The molecule has 1 aliphatic heterocycles. The van der Waals surface area contributed by atoms with E-state index < -0.39 is 0 Å². The molecule has 1 unspecified atom stereocenters. The second-order valence-electron chi connectivity index (χ2n) is 5.84. The van der Waals surface area contributed by atoms with E-state index in [0.29, 0.717) is 12.0 Å². The fourth-order valence-corrected chi connectivity index (χ4v) is 3.98. The van der Waals surface area contributed by atoms with Crippen molar-refractivity contribution in [2.24, 2.45) is 16.9 Å². The molecule has 3 aliphatic rings. The van der Waals surface area contributed by atoms with Crippen LogP contribution in [0.25, 0.3) is 0 Å². The summed E-state index contributed by atoms with van der Waals surface area (Å²) in [5, 5.41) is 4.65. The number of hydrazone groups is 1. The van der Waals surface area contributed by atoms with Crippen LogP contribution in [0.1, 0.15) is 43.4 Å². The van der Waals surface area contributed by atoms with Crippen molar-refractivity contribution in [1.29, 1.82) is 0 Å². The minimum absolute atomic E-state index is 0.593. The number of hydrogen-bond donors (Lipinski definition) is 1. The van der Waals surface area contributed by atoms with Gasteiger partial charge >= 0.3 is 0 Å². The van der Waals surface area contributed by atoms with Gasteiger partial charge in [-0.1, -0.05) is 12.8 Å². The van der Waals surface area contributed by atoms with Gasteiger partial charge in [-0.3, -0.25) is 4.98 Å². The summed E-state index contributed by atoms with van der Waals surface area (Å²) in [6, 6.07) is 4.81. The molecule has 3 nitrogen and oxygen atoms in total. The average Bonchev–Trinajstić information content (AvgIpc) is 3.07. The van der Waals surface area contributed by atoms with Crippen molar-refractivity contribution in [3.63, 3.8) is 0 Å². The van der Waals surface area contributed by atoms with Crippen molar-refractivity contribution in [2.75, 3.05) is 0 Å². The highest BCUT2D eigenvalue weighted by molar-refractivity contribution is 6.05. The van der Waals surface area contributed by atoms with Crippen LogP contribution in [-0.4, -0.2) is 16.7 Å². The van der Waals surface area contributed by atoms with Crippen molar-refractivity contribution >= 4 is 5.71 Å². The highest BCUT2D eigenvalue weighted by Gasteiger charge is 2.40. The minimum atomic E-state index is 0.593. The van der Waals surface area contributed by atoms with Gasteiger partial charge in [0.15, 0.2) is 0 Å². The number of hydrogen-bond acceptors (Lipinski definition) is 3. The molecule has 1 aromatic rings. The third kappa shape index (κ3) is 1.49. The van der Waals surface area contributed by atoms with Crippen LogP contribution < -0.4 is 5.43 Å². The van der Waals surface area contributed by atoms with Crippen LogP contribution in [0.5, 0.6) is 0 Å². The highest BCUT2D eigenvalue weighted by Crippen LogP contribution is 2.38. The Morgan fingerprint density at radius 1 is 1.17 bits per heavy atom. The Bertz CT molecular complexity index is 488. The number of nitrogens with one attached hydrogen (secondary N) is 1. The first-order valence-electron chi connectivity index (χ1n) is 7.21. The van der Waals surface area contributed by atoms with Crippen LogP contribution in [0, 0.1) is 11.8 Å². The van der Waals surface area contributed by atoms with Crippen LogP contribution >= 0.6 is 0 Å². The van der Waals surface area contributed by atoms with Crippen LogP contribution in [0.3, 0.4) is 0 Å². The molecule has 2 atom stereocenters. The maximum atomic E-state index is 4.65. The van der Waals surface area contributed by atoms with Crippen molar-refractivity contribution in [3.05, 3.63) is 29.6 Å². The first-order valence-corrected chi connectivity index (χ1v) is 7.21. The molecule has 2 heterocycles. The van der Waals surface area contributed by atoms with Crippen LogP contribution in [-0.2, 0) is 6.42 Å². The monoisotopic (exact) mass is 241 g/mol. The molecule has 3 heteroatoms. The molecule has 2 aliphatic carbocycles. The fraction of sp³-hybridized carbons (Fsp3) is 0.600. The van der Waals surface area contributed by atoms with Gasteiger partial charge in [0.05, 0.1) is 11.8 Å². The molecule has 0 saturated heterocycles. The average molecular weight is 241 g/mol. The van der Waals surface area contributed by atoms with Gasteiger partial charge in [-0.25, -0.2) is 0 Å². The molecular formula is C15H19N3. The maximum absolute atomic E-state index is 4.65. The van der Waals surface area contributed by atoms with E-state index in [9.17, 15) is 0 Å². The normalized spacial score (nSPS) is 30.6. The molecule has 1 saturated carbocycles. The van der Waals surface area contributed by atoms with Gasteiger partial charge in [-0.2, -0.15) is 5.10 Å². The number of nitrogens with zero attached hydrogens (tertiary/aromatic N) is 2. The third-order valence-electron chi connectivity index (χ3n) is 4.88. The summed E-state index contributed by atoms with van der Waals surface area (Å²) in [4.78, 5) is 4.49. The summed E-state index contributed by atoms with van der Waals surface area (Å²) in [5.41, 5.74) is 7.25. The zero-order valence-electron chi connectivity index (χ0n) is 10.6. The van der Waals surface area contributed by atoms with Gasteiger partial charge in [0, 0.05) is 23.4 Å². The number of rotatable bonds is 1. The van der Waals surface area contributed by atoms with Crippen LogP contribution in [0.4, 0.5) is 0 Å². The number of fused-ring (bicyclic) bond motifs is 3. The largest absolute Gasteiger partial charge is 0.306 e. The van der Waals surface area contributed by atoms with Crippen molar-refractivity contribution in [2.45, 2.75) is 44.6 Å². The molecular weight excluding hydrogens is 222 g/mol. The van der Waals surface area contributed by atoms with Crippen molar-refractivity contribution < 1.29 is 0 Å². The molecule has 1 fully saturated rings. The minimum Gasteiger partial charge on any atom is -0.306 e. The highest BCUT2D eigenvalue weighted by atomic mass is 15.3. The SMILES string of the molecule is c1cnc2c(c1)C1=NN[C@H](C3CCCC3)C1CC2. The van der Waals surface area contributed by atoms with E-state index in [-0.39, 0.29) is 0 Å². The van der Waals surface area contributed by atoms with Gasteiger partial charge in [0.1, 0.15) is 0 Å². The Morgan fingerprint density at radius 3 is 2.94 bits per heavy atom. The molecule has 1 aromatic heterocycles. The second kappa shape index (κ2) is 4.08. The zero-order chi connectivity index (χ0) is 11.9. The molecule has 4 rings (SSSR count). The van der Waals surface area contributed by atoms with Crippen molar-refractivity contribution in [3.8, 4) is 0 Å². The maximum Gasteiger partial charge on any atom is 0.0745 e. The van der Waals surface area contributed by atoms with Crippen LogP contribution in [0.2, 0.25) is 0 Å². The molecule has 94 valence electrons. The quantitative estimate of drug-likeness (QED) is 0.820. The summed E-state index contributed by atoms with van der Waals surface area (Å²) in [5.74, 6) is 1.47. The standard InChI is InChI=1S/C15H19N3/c1-2-5-10(4-1)14-12-7-8-13-11(6-3-9-16-13)15(12)18-17-14/h3,6,9-10,12,14,17H,1-2,4-5,7-8H2/t12?,14-/m1/s1. The summed E-state index contributed by atoms with van der Waals surface area (Å²) >= 11 is 0. The van der Waals surface area contributed by atoms with Gasteiger partial charge in [-0.05, 0) is 43.7 Å². The Balaban J connectivity index is 1.65. The number of pyridine rings is 1. The lowest BCUT2D eigenvalue weighted by Crippen LogP contribution is -2.38. The lowest BCUT2D eigenvalue weighted by Gasteiger charge is -2.29. The van der Waals surface area contributed by atoms with Gasteiger partial charge in [0.25, 0.3) is 0 Å². The molecule has 0 amide bonds. The summed E-state index contributed by atoms with van der Waals surface area (Å²) in [6.45, 7) is 0. The first kappa shape index (κ1) is 10.5. The van der Waals surface area contributed by atoms with Gasteiger partial charge in [0.2, 0.25) is 0 Å². The molecule has 0 bridgehead atoms. The zero-order valence-corrected chi connectivity index (χ0v) is 10.6. The predicted octanol–water partition coefficient (Wildman–Crippen LogP) is 2.51. The number of aryl methyl sites for hydroxylation is 1. The predicted molar refractivity (Wildman–Crippen MR) is 71.5 cm³/mol. The smallest absolute Gasteiger partial charge is 0.0745 e. The van der Waals surface area contributed by atoms with E-state index >= 15 is 0 Å². The van der Waals surface area contributed by atoms with E-state index in [0.717, 1.165) is 12.3 Å². The van der Waals surface area contributed by atoms with Crippen LogP contribution in [0.15, 0.2) is 23.4 Å². The Morgan fingerprint density at radius 2 is 2.06 bits per heavy atom. The van der Waals surface area contributed by atoms with Gasteiger partial charge in [-0.15, -0.1) is 0 Å². The molecule has 18 heavy (non-hydrogen) atoms. The van der Waals surface area contributed by atoms with E-state index in [4.69, 9.17) is 0 Å². The Kier molecular flexibility index (Phi) is 2.39. The van der Waals surface area contributed by atoms with E-state index in [1.165, 1.54) is 49.1 Å². The summed E-state index contributed by atoms with van der Waals surface area (Å²) in [7, 11) is 0. The fourth-order valence-electron chi connectivity index (χ4n) is 3.98. The molecule has 0 radical (unpaired) electrons. The first-order chi connectivity index (χ1) is 8.93. The lowest BCUT2D eigenvalue weighted by atomic mass is 9.77. The van der Waals surface area contributed by atoms with Gasteiger partial charge < -0.3 is 5.43 Å². The number of aromatic nitrogens is 1. The summed E-state index contributed by atoms with van der Waals surface area (Å²) in [6.07, 6.45) is 9.82. The van der Waals surface area contributed by atoms with E-state index in [1.54, 1.807) is 0 Å². The third-order valence-corrected chi connectivity index (χ3v) is 4.88.